The van der Waals surface area contributed by atoms with Crippen LogP contribution >= 0.6 is 0 Å². The lowest BCUT2D eigenvalue weighted by atomic mass is 9.48. The van der Waals surface area contributed by atoms with E-state index in [2.05, 4.69) is 18.2 Å². The van der Waals surface area contributed by atoms with Crippen LogP contribution in [0.1, 0.15) is 37.4 Å². The minimum atomic E-state index is -1.87. The highest BCUT2D eigenvalue weighted by Gasteiger charge is 2.80. The Balaban J connectivity index is 2.03. The first-order valence-electron chi connectivity index (χ1n) is 8.88. The van der Waals surface area contributed by atoms with Crippen molar-refractivity contribution in [2.45, 2.75) is 37.6 Å². The van der Waals surface area contributed by atoms with E-state index in [-0.39, 0.29) is 5.90 Å². The van der Waals surface area contributed by atoms with Gasteiger partial charge in [0, 0.05) is 12.0 Å². The minimum Gasteiger partial charge on any atom is -0.496 e. The predicted octanol–water partition coefficient (Wildman–Crippen LogP) is 3.20. The second kappa shape index (κ2) is 5.71. The molecule has 5 rings (SSSR count). The molecule has 0 unspecified atom stereocenters. The summed E-state index contributed by atoms with van der Waals surface area (Å²) < 4.78 is 17.6. The lowest BCUT2D eigenvalue weighted by Gasteiger charge is -2.63. The number of nitrogens with one attached hydrogen (secondary N) is 1. The van der Waals surface area contributed by atoms with E-state index >= 15 is 0 Å². The molecule has 0 radical (unpaired) electrons. The molecule has 1 aromatic rings. The lowest BCUT2D eigenvalue weighted by molar-refractivity contribution is -0.360. The van der Waals surface area contributed by atoms with Crippen molar-refractivity contribution in [2.75, 3.05) is 7.11 Å². The SMILES string of the molecule is COc1ccccc1[C@@H]1O[C@@]23CCCC[C@H]2C(C#N)(C#N)[C@@]1(C#N)C(=N)O3. The van der Waals surface area contributed by atoms with E-state index in [4.69, 9.17) is 19.6 Å². The zero-order valence-electron chi connectivity index (χ0n) is 14.9. The first kappa shape index (κ1) is 17.3. The van der Waals surface area contributed by atoms with Gasteiger partial charge < -0.3 is 14.2 Å². The van der Waals surface area contributed by atoms with E-state index in [9.17, 15) is 15.8 Å². The summed E-state index contributed by atoms with van der Waals surface area (Å²) in [5.74, 6) is -1.72. The first-order valence-corrected chi connectivity index (χ1v) is 8.88. The summed E-state index contributed by atoms with van der Waals surface area (Å²) in [6.45, 7) is 0. The van der Waals surface area contributed by atoms with Gasteiger partial charge in [-0.15, -0.1) is 0 Å². The molecule has 7 heteroatoms. The maximum Gasteiger partial charge on any atom is 0.218 e. The van der Waals surface area contributed by atoms with E-state index in [1.165, 1.54) is 7.11 Å². The third-order valence-corrected chi connectivity index (χ3v) is 6.24. The van der Waals surface area contributed by atoms with Crippen molar-refractivity contribution in [1.29, 1.82) is 21.2 Å². The summed E-state index contributed by atoms with van der Waals surface area (Å²) in [6.07, 6.45) is 1.62. The van der Waals surface area contributed by atoms with Crippen molar-refractivity contribution >= 4 is 5.90 Å². The van der Waals surface area contributed by atoms with E-state index in [1.807, 2.05) is 0 Å². The van der Waals surface area contributed by atoms with Gasteiger partial charge in [-0.1, -0.05) is 24.6 Å². The Bertz CT molecular complexity index is 926. The zero-order valence-corrected chi connectivity index (χ0v) is 14.9. The van der Waals surface area contributed by atoms with E-state index in [1.54, 1.807) is 24.3 Å². The largest absolute Gasteiger partial charge is 0.496 e. The Hall–Kier alpha value is -3.08. The number of fused-ring (bicyclic) bond motifs is 2. The van der Waals surface area contributed by atoms with E-state index in [0.29, 0.717) is 24.2 Å². The summed E-state index contributed by atoms with van der Waals surface area (Å²) in [4.78, 5) is 0. The average Bonchev–Trinajstić information content (AvgIpc) is 2.71. The maximum absolute atomic E-state index is 10.2. The van der Waals surface area contributed by atoms with Crippen LogP contribution in [0.4, 0.5) is 0 Å². The quantitative estimate of drug-likeness (QED) is 0.861. The highest BCUT2D eigenvalue weighted by molar-refractivity contribution is 5.89. The van der Waals surface area contributed by atoms with Crippen LogP contribution in [0, 0.1) is 56.2 Å². The predicted molar refractivity (Wildman–Crippen MR) is 92.0 cm³/mol. The van der Waals surface area contributed by atoms with Gasteiger partial charge in [-0.2, -0.15) is 15.8 Å². The number of rotatable bonds is 2. The molecule has 3 aliphatic heterocycles. The number of nitriles is 3. The summed E-state index contributed by atoms with van der Waals surface area (Å²) in [7, 11) is 1.50. The molecule has 1 aromatic carbocycles. The smallest absolute Gasteiger partial charge is 0.218 e. The molecule has 1 spiro atoms. The lowest BCUT2D eigenvalue weighted by Crippen LogP contribution is -2.73. The molecule has 3 heterocycles. The van der Waals surface area contributed by atoms with Crippen LogP contribution in [0.15, 0.2) is 24.3 Å². The van der Waals surface area contributed by atoms with Crippen LogP contribution in [0.2, 0.25) is 0 Å². The fourth-order valence-corrected chi connectivity index (χ4v) is 5.00. The van der Waals surface area contributed by atoms with Crippen molar-refractivity contribution in [3.05, 3.63) is 29.8 Å². The van der Waals surface area contributed by atoms with Gasteiger partial charge in [-0.05, 0) is 18.9 Å². The average molecular weight is 362 g/mol. The van der Waals surface area contributed by atoms with Crippen LogP contribution < -0.4 is 4.74 Å². The van der Waals surface area contributed by atoms with Gasteiger partial charge in [0.15, 0.2) is 10.8 Å². The monoisotopic (exact) mass is 362 g/mol. The molecule has 1 saturated carbocycles. The van der Waals surface area contributed by atoms with Gasteiger partial charge in [-0.25, -0.2) is 0 Å². The molecule has 0 amide bonds. The second-order valence-corrected chi connectivity index (χ2v) is 7.23. The zero-order chi connectivity index (χ0) is 19.3. The van der Waals surface area contributed by atoms with Gasteiger partial charge in [0.05, 0.1) is 31.2 Å². The Kier molecular flexibility index (Phi) is 3.67. The van der Waals surface area contributed by atoms with Crippen molar-refractivity contribution in [3.63, 3.8) is 0 Å². The second-order valence-electron chi connectivity index (χ2n) is 7.23. The number of para-hydroxylation sites is 1. The standard InChI is InChI=1S/C20H18N4O3/c1-25-14-7-3-2-6-13(14)16-19(12-23)17(24)27-20(26-16)9-5-4-8-15(20)18(19,10-21)11-22/h2-3,6-7,15-16,24H,4-5,8-9H2,1H3/t15-,16-,19+,20+/m0/s1. The first-order chi connectivity index (χ1) is 13.0. The highest BCUT2D eigenvalue weighted by atomic mass is 16.7. The Morgan fingerprint density at radius 3 is 2.56 bits per heavy atom. The molecule has 136 valence electrons. The molecule has 4 fully saturated rings. The van der Waals surface area contributed by atoms with Gasteiger partial charge in [0.25, 0.3) is 0 Å². The Morgan fingerprint density at radius 2 is 1.89 bits per heavy atom. The number of benzene rings is 1. The molecule has 1 aliphatic carbocycles. The van der Waals surface area contributed by atoms with Gasteiger partial charge in [0.2, 0.25) is 11.7 Å². The normalized spacial score (nSPS) is 35.7. The highest BCUT2D eigenvalue weighted by Crippen LogP contribution is 2.69. The molecule has 7 nitrogen and oxygen atoms in total. The molecule has 2 bridgehead atoms. The van der Waals surface area contributed by atoms with Crippen molar-refractivity contribution in [3.8, 4) is 24.0 Å². The third-order valence-electron chi connectivity index (χ3n) is 6.24. The number of nitrogens with zero attached hydrogens (tertiary/aromatic N) is 3. The molecule has 4 aliphatic rings. The Morgan fingerprint density at radius 1 is 1.15 bits per heavy atom. The Labute approximate surface area is 157 Å². The number of methoxy groups -OCH3 is 1. The minimum absolute atomic E-state index is 0.367. The van der Waals surface area contributed by atoms with Crippen LogP contribution in [-0.4, -0.2) is 18.8 Å². The fourth-order valence-electron chi connectivity index (χ4n) is 5.00. The van der Waals surface area contributed by atoms with Crippen molar-refractivity contribution < 1.29 is 14.2 Å². The van der Waals surface area contributed by atoms with Crippen molar-refractivity contribution in [1.82, 2.24) is 0 Å². The van der Waals surface area contributed by atoms with Crippen molar-refractivity contribution in [2.24, 2.45) is 16.7 Å². The third kappa shape index (κ3) is 1.84. The summed E-state index contributed by atoms with van der Waals surface area (Å²) in [5, 5.41) is 39.1. The fraction of sp³-hybridized carbons (Fsp3) is 0.500. The van der Waals surface area contributed by atoms with E-state index < -0.39 is 28.6 Å². The van der Waals surface area contributed by atoms with Crippen LogP contribution in [0.5, 0.6) is 5.75 Å². The van der Waals surface area contributed by atoms with Gasteiger partial charge in [-0.3, -0.25) is 5.41 Å². The summed E-state index contributed by atoms with van der Waals surface area (Å²) in [5.41, 5.74) is -3.07. The number of ether oxygens (including phenoxy) is 3. The van der Waals surface area contributed by atoms with Crippen LogP contribution in [0.3, 0.4) is 0 Å². The summed E-state index contributed by atoms with van der Waals surface area (Å²) in [6, 6.07) is 13.4. The number of hydrogen-bond acceptors (Lipinski definition) is 7. The molecular formula is C20H18N4O3. The molecule has 0 aromatic heterocycles. The van der Waals surface area contributed by atoms with Crippen LogP contribution in [0.25, 0.3) is 0 Å². The number of hydrogen-bond donors (Lipinski definition) is 1. The molecule has 27 heavy (non-hydrogen) atoms. The molecule has 1 N–H and O–H groups in total. The van der Waals surface area contributed by atoms with Crippen LogP contribution in [-0.2, 0) is 9.47 Å². The molecule has 3 saturated heterocycles. The summed E-state index contributed by atoms with van der Waals surface area (Å²) >= 11 is 0. The van der Waals surface area contributed by atoms with Gasteiger partial charge in [0.1, 0.15) is 11.9 Å². The molecule has 4 atom stereocenters. The molecular weight excluding hydrogens is 344 g/mol. The van der Waals surface area contributed by atoms with Gasteiger partial charge >= 0.3 is 0 Å². The van der Waals surface area contributed by atoms with E-state index in [0.717, 1.165) is 12.8 Å². The maximum atomic E-state index is 10.2. The topological polar surface area (TPSA) is 123 Å².